The van der Waals surface area contributed by atoms with Crippen LogP contribution in [0.3, 0.4) is 0 Å². The number of nitrogens with zero attached hydrogens (tertiary/aromatic N) is 4. The second-order valence-electron chi connectivity index (χ2n) is 7.41. The number of pyridine rings is 1. The van der Waals surface area contributed by atoms with Gasteiger partial charge < -0.3 is 4.74 Å². The molecule has 1 aromatic carbocycles. The number of hydrogen-bond donors (Lipinski definition) is 0. The van der Waals surface area contributed by atoms with Crippen LogP contribution in [0.1, 0.15) is 19.3 Å². The lowest BCUT2D eigenvalue weighted by atomic mass is 10.1. The van der Waals surface area contributed by atoms with Crippen LogP contribution in [0.15, 0.2) is 60.4 Å². The van der Waals surface area contributed by atoms with Crippen LogP contribution in [0.4, 0.5) is 0 Å². The Labute approximate surface area is 174 Å². The summed E-state index contributed by atoms with van der Waals surface area (Å²) in [6, 6.07) is 14.6. The molecule has 4 heterocycles. The van der Waals surface area contributed by atoms with Crippen molar-refractivity contribution in [1.29, 1.82) is 0 Å². The minimum Gasteiger partial charge on any atom is -0.476 e. The van der Waals surface area contributed by atoms with Crippen molar-refractivity contribution in [2.45, 2.75) is 19.3 Å². The molecule has 0 unspecified atom stereocenters. The first-order valence-corrected chi connectivity index (χ1v) is 11.1. The van der Waals surface area contributed by atoms with E-state index in [0.29, 0.717) is 12.5 Å². The number of ether oxygens (including phenoxy) is 1. The molecule has 5 rings (SSSR count). The van der Waals surface area contributed by atoms with Crippen molar-refractivity contribution in [3.63, 3.8) is 0 Å². The largest absolute Gasteiger partial charge is 0.476 e. The molecule has 0 aliphatic carbocycles. The highest BCUT2D eigenvalue weighted by Gasteiger charge is 2.10. The second-order valence-corrected chi connectivity index (χ2v) is 8.33. The van der Waals surface area contributed by atoms with Gasteiger partial charge in [0.15, 0.2) is 0 Å². The third-order valence-corrected chi connectivity index (χ3v) is 6.33. The van der Waals surface area contributed by atoms with Crippen LogP contribution in [0.5, 0.6) is 5.88 Å². The van der Waals surface area contributed by atoms with Crippen LogP contribution >= 0.6 is 11.3 Å². The zero-order valence-electron chi connectivity index (χ0n) is 16.3. The van der Waals surface area contributed by atoms with Gasteiger partial charge in [0.05, 0.1) is 11.0 Å². The fraction of sp³-hybridized carbons (Fsp3) is 0.304. The molecule has 148 valence electrons. The SMILES string of the molecule is c1csc(-n2cnc3cc(-c4ccc(OCCN5CCCCC5)nc4)ccc32)c1. The zero-order valence-corrected chi connectivity index (χ0v) is 17.1. The third kappa shape index (κ3) is 4.04. The van der Waals surface area contributed by atoms with Crippen molar-refractivity contribution in [2.75, 3.05) is 26.2 Å². The van der Waals surface area contributed by atoms with Crippen LogP contribution in [0, 0.1) is 0 Å². The Kier molecular flexibility index (Phi) is 5.28. The van der Waals surface area contributed by atoms with Gasteiger partial charge in [-0.1, -0.05) is 12.5 Å². The van der Waals surface area contributed by atoms with Crippen molar-refractivity contribution < 1.29 is 4.74 Å². The van der Waals surface area contributed by atoms with Crippen molar-refractivity contribution in [3.8, 4) is 22.0 Å². The number of hydrogen-bond acceptors (Lipinski definition) is 5. The lowest BCUT2D eigenvalue weighted by Gasteiger charge is -2.26. The molecule has 0 saturated carbocycles. The fourth-order valence-electron chi connectivity index (χ4n) is 3.87. The fourth-order valence-corrected chi connectivity index (χ4v) is 4.59. The summed E-state index contributed by atoms with van der Waals surface area (Å²) in [5.41, 5.74) is 4.28. The van der Waals surface area contributed by atoms with Gasteiger partial charge in [-0.2, -0.15) is 0 Å². The Morgan fingerprint density at radius 3 is 2.66 bits per heavy atom. The molecular formula is C23H24N4OS. The molecule has 1 aliphatic heterocycles. The molecule has 0 atom stereocenters. The Morgan fingerprint density at radius 2 is 1.86 bits per heavy atom. The highest BCUT2D eigenvalue weighted by atomic mass is 32.1. The van der Waals surface area contributed by atoms with Gasteiger partial charge in [0.25, 0.3) is 0 Å². The first kappa shape index (κ1) is 18.3. The number of aromatic nitrogens is 3. The molecule has 0 spiro atoms. The molecule has 0 radical (unpaired) electrons. The van der Waals surface area contributed by atoms with Crippen LogP contribution in [-0.2, 0) is 0 Å². The first-order chi connectivity index (χ1) is 14.4. The molecular weight excluding hydrogens is 380 g/mol. The Hall–Kier alpha value is -2.70. The molecule has 6 heteroatoms. The minimum atomic E-state index is 0.689. The first-order valence-electron chi connectivity index (χ1n) is 10.2. The number of fused-ring (bicyclic) bond motifs is 1. The molecule has 1 aliphatic rings. The molecule has 4 aromatic rings. The maximum absolute atomic E-state index is 5.85. The Morgan fingerprint density at radius 1 is 0.966 bits per heavy atom. The zero-order chi connectivity index (χ0) is 19.5. The van der Waals surface area contributed by atoms with E-state index >= 15 is 0 Å². The van der Waals surface area contributed by atoms with E-state index < -0.39 is 0 Å². The summed E-state index contributed by atoms with van der Waals surface area (Å²) in [5.74, 6) is 0.689. The highest BCUT2D eigenvalue weighted by molar-refractivity contribution is 7.12. The van der Waals surface area contributed by atoms with Crippen LogP contribution < -0.4 is 4.74 Å². The number of benzene rings is 1. The Bertz CT molecular complexity index is 1070. The molecule has 0 N–H and O–H groups in total. The molecule has 3 aromatic heterocycles. The molecule has 5 nitrogen and oxygen atoms in total. The van der Waals surface area contributed by atoms with Gasteiger partial charge in [0.1, 0.15) is 17.9 Å². The van der Waals surface area contributed by atoms with Gasteiger partial charge in [-0.15, -0.1) is 11.3 Å². The van der Waals surface area contributed by atoms with E-state index in [2.05, 4.69) is 61.2 Å². The molecule has 1 saturated heterocycles. The van der Waals surface area contributed by atoms with Gasteiger partial charge in [0, 0.05) is 24.4 Å². The summed E-state index contributed by atoms with van der Waals surface area (Å²) in [6.07, 6.45) is 7.75. The van der Waals surface area contributed by atoms with Gasteiger partial charge >= 0.3 is 0 Å². The van der Waals surface area contributed by atoms with E-state index in [1.54, 1.807) is 11.3 Å². The molecule has 29 heavy (non-hydrogen) atoms. The van der Waals surface area contributed by atoms with E-state index in [4.69, 9.17) is 4.74 Å². The maximum atomic E-state index is 5.85. The van der Waals surface area contributed by atoms with Crippen molar-refractivity contribution >= 4 is 22.4 Å². The normalized spacial score (nSPS) is 15.0. The summed E-state index contributed by atoms with van der Waals surface area (Å²) in [5, 5.41) is 3.25. The summed E-state index contributed by atoms with van der Waals surface area (Å²) in [7, 11) is 0. The summed E-state index contributed by atoms with van der Waals surface area (Å²) >= 11 is 1.71. The van der Waals surface area contributed by atoms with Crippen LogP contribution in [0.25, 0.3) is 27.2 Å². The molecule has 0 bridgehead atoms. The average molecular weight is 405 g/mol. The quantitative estimate of drug-likeness (QED) is 0.453. The number of imidazole rings is 1. The summed E-state index contributed by atoms with van der Waals surface area (Å²) in [6.45, 7) is 4.06. The number of piperidine rings is 1. The predicted octanol–water partition coefficient (Wildman–Crippen LogP) is 5.01. The monoisotopic (exact) mass is 404 g/mol. The highest BCUT2D eigenvalue weighted by Crippen LogP contribution is 2.27. The topological polar surface area (TPSA) is 43.2 Å². The lowest BCUT2D eigenvalue weighted by molar-refractivity contribution is 0.180. The maximum Gasteiger partial charge on any atom is 0.213 e. The van der Waals surface area contributed by atoms with Gasteiger partial charge in [-0.05, 0) is 67.2 Å². The summed E-state index contributed by atoms with van der Waals surface area (Å²) in [4.78, 5) is 11.6. The summed E-state index contributed by atoms with van der Waals surface area (Å²) < 4.78 is 7.97. The Balaban J connectivity index is 1.26. The number of likely N-dealkylation sites (tertiary alicyclic amines) is 1. The standard InChI is InChI=1S/C23H24N4OS/c1-2-10-26(11-3-1)12-13-28-22-9-7-19(16-24-22)18-6-8-21-20(15-18)25-17-27(21)23-5-4-14-29-23/h4-9,14-17H,1-3,10-13H2. The average Bonchev–Trinajstić information content (AvgIpc) is 3.44. The smallest absolute Gasteiger partial charge is 0.213 e. The van der Waals surface area contributed by atoms with E-state index in [-0.39, 0.29) is 0 Å². The van der Waals surface area contributed by atoms with Gasteiger partial charge in [-0.25, -0.2) is 9.97 Å². The van der Waals surface area contributed by atoms with E-state index in [1.807, 2.05) is 18.6 Å². The van der Waals surface area contributed by atoms with Crippen molar-refractivity contribution in [2.24, 2.45) is 0 Å². The van der Waals surface area contributed by atoms with E-state index in [0.717, 1.165) is 28.7 Å². The number of thiophene rings is 1. The molecule has 0 amide bonds. The second kappa shape index (κ2) is 8.35. The predicted molar refractivity (Wildman–Crippen MR) is 118 cm³/mol. The van der Waals surface area contributed by atoms with E-state index in [9.17, 15) is 0 Å². The van der Waals surface area contributed by atoms with Crippen LogP contribution in [-0.4, -0.2) is 45.7 Å². The van der Waals surface area contributed by atoms with Gasteiger partial charge in [0.2, 0.25) is 5.88 Å². The van der Waals surface area contributed by atoms with Crippen molar-refractivity contribution in [1.82, 2.24) is 19.4 Å². The van der Waals surface area contributed by atoms with Crippen molar-refractivity contribution in [3.05, 3.63) is 60.4 Å². The minimum absolute atomic E-state index is 0.689. The van der Waals surface area contributed by atoms with Crippen LogP contribution in [0.2, 0.25) is 0 Å². The number of rotatable bonds is 6. The van der Waals surface area contributed by atoms with E-state index in [1.165, 1.54) is 37.4 Å². The van der Waals surface area contributed by atoms with Gasteiger partial charge in [-0.3, -0.25) is 9.47 Å². The lowest BCUT2D eigenvalue weighted by Crippen LogP contribution is -2.33. The third-order valence-electron chi connectivity index (χ3n) is 5.47. The molecule has 1 fully saturated rings.